The highest BCUT2D eigenvalue weighted by Gasteiger charge is 2.26. The molecule has 126 valence electrons. The highest BCUT2D eigenvalue weighted by Crippen LogP contribution is 2.40. The van der Waals surface area contributed by atoms with Gasteiger partial charge >= 0.3 is 6.09 Å². The van der Waals surface area contributed by atoms with E-state index in [1.165, 1.54) is 0 Å². The molecule has 1 amide bonds. The van der Waals surface area contributed by atoms with Gasteiger partial charge in [0.15, 0.2) is 11.5 Å². The summed E-state index contributed by atoms with van der Waals surface area (Å²) in [5.74, 6) is 1.90. The molecule has 0 fully saturated rings. The summed E-state index contributed by atoms with van der Waals surface area (Å²) < 4.78 is 17.2. The monoisotopic (exact) mass is 328 g/mol. The average Bonchev–Trinajstić information content (AvgIpc) is 2.67. The average molecular weight is 328 g/mol. The lowest BCUT2D eigenvalue weighted by Crippen LogP contribution is -2.35. The Balaban J connectivity index is 1.80. The van der Waals surface area contributed by atoms with Crippen LogP contribution in [0.3, 0.4) is 0 Å². The maximum absolute atomic E-state index is 11.9. The van der Waals surface area contributed by atoms with Gasteiger partial charge in [-0.1, -0.05) is 12.1 Å². The molecule has 0 unspecified atom stereocenters. The van der Waals surface area contributed by atoms with Crippen molar-refractivity contribution in [2.24, 2.45) is 0 Å². The van der Waals surface area contributed by atoms with Gasteiger partial charge < -0.3 is 19.5 Å². The Morgan fingerprint density at radius 1 is 1.21 bits per heavy atom. The quantitative estimate of drug-likeness (QED) is 0.907. The zero-order chi connectivity index (χ0) is 17.2. The maximum Gasteiger partial charge on any atom is 0.407 e. The number of para-hydroxylation sites is 2. The summed E-state index contributed by atoms with van der Waals surface area (Å²) >= 11 is 0. The number of benzene rings is 1. The molecule has 6 heteroatoms. The molecule has 0 bridgehead atoms. The van der Waals surface area contributed by atoms with Crippen LogP contribution in [0, 0.1) is 0 Å². The SMILES string of the molecule is CC(C)(C)OC(=O)NC[C@H]1Oc2ccccc2Oc2ccncc21. The second-order valence-corrected chi connectivity index (χ2v) is 6.45. The Morgan fingerprint density at radius 2 is 1.96 bits per heavy atom. The van der Waals surface area contributed by atoms with Crippen molar-refractivity contribution in [2.45, 2.75) is 32.5 Å². The molecule has 1 aliphatic heterocycles. The Kier molecular flexibility index (Phi) is 4.29. The van der Waals surface area contributed by atoms with E-state index in [0.717, 1.165) is 5.56 Å². The minimum Gasteiger partial charge on any atom is -0.480 e. The van der Waals surface area contributed by atoms with E-state index in [9.17, 15) is 4.79 Å². The summed E-state index contributed by atoms with van der Waals surface area (Å²) in [5.41, 5.74) is 0.216. The van der Waals surface area contributed by atoms with Crippen LogP contribution >= 0.6 is 0 Å². The van der Waals surface area contributed by atoms with Gasteiger partial charge in [-0.15, -0.1) is 0 Å². The van der Waals surface area contributed by atoms with Gasteiger partial charge in [0.05, 0.1) is 12.1 Å². The largest absolute Gasteiger partial charge is 0.480 e. The number of amides is 1. The Labute approximate surface area is 140 Å². The predicted octanol–water partition coefficient (Wildman–Crippen LogP) is 3.83. The van der Waals surface area contributed by atoms with Gasteiger partial charge in [-0.3, -0.25) is 4.98 Å². The van der Waals surface area contributed by atoms with Crippen LogP contribution in [-0.2, 0) is 4.74 Å². The Hall–Kier alpha value is -2.76. The summed E-state index contributed by atoms with van der Waals surface area (Å²) in [6.07, 6.45) is 2.42. The molecule has 2 aromatic rings. The third-order valence-electron chi connectivity index (χ3n) is 3.33. The van der Waals surface area contributed by atoms with E-state index in [2.05, 4.69) is 10.3 Å². The molecule has 0 radical (unpaired) electrons. The van der Waals surface area contributed by atoms with Crippen LogP contribution in [0.25, 0.3) is 0 Å². The number of carbonyl (C=O) groups excluding carboxylic acids is 1. The molecule has 1 N–H and O–H groups in total. The topological polar surface area (TPSA) is 69.7 Å². The molecule has 0 aliphatic carbocycles. The third-order valence-corrected chi connectivity index (χ3v) is 3.33. The molecule has 3 rings (SSSR count). The van der Waals surface area contributed by atoms with Gasteiger partial charge in [0.2, 0.25) is 0 Å². The summed E-state index contributed by atoms with van der Waals surface area (Å²) in [4.78, 5) is 16.0. The number of alkyl carbamates (subject to hydrolysis) is 1. The molecule has 6 nitrogen and oxygen atoms in total. The summed E-state index contributed by atoms with van der Waals surface area (Å²) in [5, 5.41) is 2.74. The molecule has 1 aromatic heterocycles. The lowest BCUT2D eigenvalue weighted by Gasteiger charge is -2.22. The van der Waals surface area contributed by atoms with Gasteiger partial charge in [0, 0.05) is 12.4 Å². The zero-order valence-electron chi connectivity index (χ0n) is 13.9. The molecule has 1 atom stereocenters. The highest BCUT2D eigenvalue weighted by atomic mass is 16.6. The normalized spacial score (nSPS) is 15.9. The smallest absolute Gasteiger partial charge is 0.407 e. The number of carbonyl (C=O) groups is 1. The first-order chi connectivity index (χ1) is 11.4. The fourth-order valence-electron chi connectivity index (χ4n) is 2.34. The number of hydrogen-bond acceptors (Lipinski definition) is 5. The molecule has 0 saturated heterocycles. The van der Waals surface area contributed by atoms with Crippen molar-refractivity contribution in [1.82, 2.24) is 10.3 Å². The van der Waals surface area contributed by atoms with E-state index in [4.69, 9.17) is 14.2 Å². The minimum atomic E-state index is -0.552. The van der Waals surface area contributed by atoms with E-state index in [-0.39, 0.29) is 6.54 Å². The van der Waals surface area contributed by atoms with Crippen molar-refractivity contribution >= 4 is 6.09 Å². The number of nitrogens with one attached hydrogen (secondary N) is 1. The molecular formula is C18H20N2O4. The van der Waals surface area contributed by atoms with Crippen LogP contribution in [0.1, 0.15) is 32.4 Å². The van der Waals surface area contributed by atoms with Crippen LogP contribution < -0.4 is 14.8 Å². The number of fused-ring (bicyclic) bond motifs is 2. The van der Waals surface area contributed by atoms with Crippen LogP contribution in [0.5, 0.6) is 17.2 Å². The lowest BCUT2D eigenvalue weighted by atomic mass is 10.1. The van der Waals surface area contributed by atoms with Crippen molar-refractivity contribution in [2.75, 3.05) is 6.54 Å². The second-order valence-electron chi connectivity index (χ2n) is 6.45. The highest BCUT2D eigenvalue weighted by molar-refractivity contribution is 5.67. The van der Waals surface area contributed by atoms with Crippen LogP contribution in [0.15, 0.2) is 42.7 Å². The Bertz CT molecular complexity index is 740. The van der Waals surface area contributed by atoms with Crippen molar-refractivity contribution in [1.29, 1.82) is 0 Å². The fraction of sp³-hybridized carbons (Fsp3) is 0.333. The molecule has 1 aliphatic rings. The molecular weight excluding hydrogens is 308 g/mol. The van der Waals surface area contributed by atoms with Crippen molar-refractivity contribution < 1.29 is 19.0 Å². The predicted molar refractivity (Wildman–Crippen MR) is 88.4 cm³/mol. The summed E-state index contributed by atoms with van der Waals surface area (Å²) in [6.45, 7) is 5.69. The number of nitrogens with zero attached hydrogens (tertiary/aromatic N) is 1. The van der Waals surface area contributed by atoms with Gasteiger partial charge in [-0.2, -0.15) is 0 Å². The number of aromatic nitrogens is 1. The molecule has 2 heterocycles. The van der Waals surface area contributed by atoms with Gasteiger partial charge in [-0.05, 0) is 39.0 Å². The number of hydrogen-bond donors (Lipinski definition) is 1. The number of rotatable bonds is 2. The van der Waals surface area contributed by atoms with Gasteiger partial charge in [0.1, 0.15) is 17.5 Å². The van der Waals surface area contributed by atoms with Crippen LogP contribution in [0.4, 0.5) is 4.79 Å². The van der Waals surface area contributed by atoms with E-state index in [1.54, 1.807) is 18.5 Å². The summed E-state index contributed by atoms with van der Waals surface area (Å²) in [7, 11) is 0. The van der Waals surface area contributed by atoms with E-state index in [0.29, 0.717) is 17.2 Å². The van der Waals surface area contributed by atoms with Crippen molar-refractivity contribution in [3.05, 3.63) is 48.3 Å². The fourth-order valence-corrected chi connectivity index (χ4v) is 2.34. The van der Waals surface area contributed by atoms with E-state index >= 15 is 0 Å². The molecule has 0 saturated carbocycles. The summed E-state index contributed by atoms with van der Waals surface area (Å²) in [6, 6.07) is 9.19. The van der Waals surface area contributed by atoms with Gasteiger partial charge in [-0.25, -0.2) is 4.79 Å². The first-order valence-corrected chi connectivity index (χ1v) is 7.77. The standard InChI is InChI=1S/C18H20N2O4/c1-18(2,3)24-17(21)20-11-16-12-10-19-9-8-13(12)22-14-6-4-5-7-15(14)23-16/h4-10,16H,11H2,1-3H3,(H,20,21)/t16-/m1/s1. The van der Waals surface area contributed by atoms with Crippen molar-refractivity contribution in [3.8, 4) is 17.2 Å². The lowest BCUT2D eigenvalue weighted by molar-refractivity contribution is 0.0501. The zero-order valence-corrected chi connectivity index (χ0v) is 13.9. The van der Waals surface area contributed by atoms with Crippen LogP contribution in [-0.4, -0.2) is 23.2 Å². The molecule has 0 spiro atoms. The maximum atomic E-state index is 11.9. The second kappa shape index (κ2) is 6.39. The number of ether oxygens (including phenoxy) is 3. The molecule has 24 heavy (non-hydrogen) atoms. The van der Waals surface area contributed by atoms with Crippen molar-refractivity contribution in [3.63, 3.8) is 0 Å². The van der Waals surface area contributed by atoms with Gasteiger partial charge in [0.25, 0.3) is 0 Å². The first kappa shape index (κ1) is 16.1. The Morgan fingerprint density at radius 3 is 2.71 bits per heavy atom. The molecule has 1 aromatic carbocycles. The minimum absolute atomic E-state index is 0.241. The first-order valence-electron chi connectivity index (χ1n) is 7.77. The number of pyridine rings is 1. The van der Waals surface area contributed by atoms with E-state index in [1.807, 2.05) is 45.0 Å². The third kappa shape index (κ3) is 3.76. The van der Waals surface area contributed by atoms with Crippen LogP contribution in [0.2, 0.25) is 0 Å². The van der Waals surface area contributed by atoms with E-state index < -0.39 is 17.8 Å².